The van der Waals surface area contributed by atoms with Crippen molar-refractivity contribution in [2.45, 2.75) is 25.2 Å². The highest BCUT2D eigenvalue weighted by Crippen LogP contribution is 2.38. The molecule has 0 unspecified atom stereocenters. The smallest absolute Gasteiger partial charge is 0.138 e. The van der Waals surface area contributed by atoms with Gasteiger partial charge in [-0.1, -0.05) is 30.3 Å². The molecule has 1 saturated carbocycles. The summed E-state index contributed by atoms with van der Waals surface area (Å²) in [6.07, 6.45) is 2.88. The number of aldehydes is 1. The van der Waals surface area contributed by atoms with E-state index in [4.69, 9.17) is 0 Å². The van der Waals surface area contributed by atoms with Crippen molar-refractivity contribution in [2.24, 2.45) is 11.8 Å². The molecule has 0 bridgehead atoms. The summed E-state index contributed by atoms with van der Waals surface area (Å²) in [5, 5.41) is 9.49. The van der Waals surface area contributed by atoms with Gasteiger partial charge in [0.15, 0.2) is 0 Å². The molecule has 1 aromatic rings. The minimum absolute atomic E-state index is 0.0794. The SMILES string of the molecule is O=C[C@H]1CCCC(=O)[C@H](CO)[C@H]1c1ccccc1. The third-order valence-electron chi connectivity index (χ3n) is 3.82. The third-order valence-corrected chi connectivity index (χ3v) is 3.82. The van der Waals surface area contributed by atoms with Gasteiger partial charge in [-0.25, -0.2) is 0 Å². The van der Waals surface area contributed by atoms with Gasteiger partial charge in [0.2, 0.25) is 0 Å². The van der Waals surface area contributed by atoms with Crippen molar-refractivity contribution in [3.8, 4) is 0 Å². The predicted molar refractivity (Wildman–Crippen MR) is 68.2 cm³/mol. The van der Waals surface area contributed by atoms with Crippen molar-refractivity contribution < 1.29 is 14.7 Å². The molecule has 1 N–H and O–H groups in total. The van der Waals surface area contributed by atoms with Gasteiger partial charge in [0, 0.05) is 24.2 Å². The zero-order chi connectivity index (χ0) is 13.0. The van der Waals surface area contributed by atoms with Crippen molar-refractivity contribution in [3.05, 3.63) is 35.9 Å². The standard InChI is InChI=1S/C15H18O3/c16-9-12-7-4-8-14(18)13(10-17)15(12)11-5-2-1-3-6-11/h1-3,5-6,9,12-13,15,17H,4,7-8,10H2/t12-,13+,15+/m1/s1. The first-order chi connectivity index (χ1) is 8.77. The quantitative estimate of drug-likeness (QED) is 0.655. The van der Waals surface area contributed by atoms with E-state index in [-0.39, 0.29) is 24.2 Å². The van der Waals surface area contributed by atoms with E-state index in [2.05, 4.69) is 0 Å². The summed E-state index contributed by atoms with van der Waals surface area (Å²) < 4.78 is 0. The van der Waals surface area contributed by atoms with Gasteiger partial charge in [-0.15, -0.1) is 0 Å². The molecular weight excluding hydrogens is 228 g/mol. The van der Waals surface area contributed by atoms with Crippen LogP contribution in [0.5, 0.6) is 0 Å². The maximum Gasteiger partial charge on any atom is 0.138 e. The average Bonchev–Trinajstić information content (AvgIpc) is 2.58. The van der Waals surface area contributed by atoms with Gasteiger partial charge in [0.25, 0.3) is 0 Å². The Labute approximate surface area is 107 Å². The normalized spacial score (nSPS) is 28.7. The third kappa shape index (κ3) is 2.51. The molecule has 1 fully saturated rings. The van der Waals surface area contributed by atoms with E-state index in [1.807, 2.05) is 30.3 Å². The number of carbonyl (C=O) groups is 2. The van der Waals surface area contributed by atoms with Crippen LogP contribution < -0.4 is 0 Å². The Morgan fingerprint density at radius 2 is 2.00 bits per heavy atom. The number of aliphatic hydroxyl groups is 1. The van der Waals surface area contributed by atoms with Crippen LogP contribution in [0.1, 0.15) is 30.7 Å². The van der Waals surface area contributed by atoms with Crippen LogP contribution in [-0.4, -0.2) is 23.8 Å². The highest BCUT2D eigenvalue weighted by Gasteiger charge is 2.36. The second-order valence-electron chi connectivity index (χ2n) is 4.88. The van der Waals surface area contributed by atoms with Gasteiger partial charge < -0.3 is 9.90 Å². The fourth-order valence-corrected chi connectivity index (χ4v) is 2.90. The van der Waals surface area contributed by atoms with E-state index in [1.165, 1.54) is 0 Å². The maximum absolute atomic E-state index is 12.0. The van der Waals surface area contributed by atoms with Gasteiger partial charge in [-0.05, 0) is 18.4 Å². The molecule has 1 aliphatic rings. The average molecular weight is 246 g/mol. The van der Waals surface area contributed by atoms with Crippen molar-refractivity contribution in [1.29, 1.82) is 0 Å². The molecule has 18 heavy (non-hydrogen) atoms. The number of Topliss-reactive ketones (excluding diaryl/α,β-unsaturated/α-hetero) is 1. The minimum atomic E-state index is -0.440. The van der Waals surface area contributed by atoms with Gasteiger partial charge in [0.05, 0.1) is 6.61 Å². The Morgan fingerprint density at radius 3 is 2.61 bits per heavy atom. The first-order valence-electron chi connectivity index (χ1n) is 6.41. The monoisotopic (exact) mass is 246 g/mol. The zero-order valence-electron chi connectivity index (χ0n) is 10.3. The summed E-state index contributed by atoms with van der Waals surface area (Å²) in [4.78, 5) is 23.3. The van der Waals surface area contributed by atoms with Crippen LogP contribution in [-0.2, 0) is 9.59 Å². The van der Waals surface area contributed by atoms with Crippen LogP contribution in [0.4, 0.5) is 0 Å². The van der Waals surface area contributed by atoms with Crippen LogP contribution in [0.25, 0.3) is 0 Å². The summed E-state index contributed by atoms with van der Waals surface area (Å²) in [5.74, 6) is -0.708. The van der Waals surface area contributed by atoms with Crippen LogP contribution >= 0.6 is 0 Å². The predicted octanol–water partition coefficient (Wildman–Crippen LogP) is 1.95. The molecule has 3 atom stereocenters. The topological polar surface area (TPSA) is 54.4 Å². The molecular formula is C15H18O3. The summed E-state index contributed by atoms with van der Waals surface area (Å²) in [7, 11) is 0. The van der Waals surface area contributed by atoms with Crippen LogP contribution in [0, 0.1) is 11.8 Å². The van der Waals surface area contributed by atoms with Crippen molar-refractivity contribution >= 4 is 12.1 Å². The molecule has 0 amide bonds. The summed E-state index contributed by atoms with van der Waals surface area (Å²) in [5.41, 5.74) is 0.976. The van der Waals surface area contributed by atoms with Gasteiger partial charge in [-0.2, -0.15) is 0 Å². The number of benzene rings is 1. The summed E-state index contributed by atoms with van der Waals surface area (Å²) >= 11 is 0. The first-order valence-corrected chi connectivity index (χ1v) is 6.41. The second-order valence-corrected chi connectivity index (χ2v) is 4.88. The van der Waals surface area contributed by atoms with E-state index in [0.717, 1.165) is 24.7 Å². The fourth-order valence-electron chi connectivity index (χ4n) is 2.90. The Morgan fingerprint density at radius 1 is 1.28 bits per heavy atom. The number of aliphatic hydroxyl groups excluding tert-OH is 1. The van der Waals surface area contributed by atoms with Crippen molar-refractivity contribution in [1.82, 2.24) is 0 Å². The van der Waals surface area contributed by atoms with E-state index >= 15 is 0 Å². The minimum Gasteiger partial charge on any atom is -0.396 e. The Bertz CT molecular complexity index is 413. The lowest BCUT2D eigenvalue weighted by molar-refractivity contribution is -0.124. The molecule has 96 valence electrons. The lowest BCUT2D eigenvalue weighted by Crippen LogP contribution is -2.29. The number of hydrogen-bond acceptors (Lipinski definition) is 3. The molecule has 3 nitrogen and oxygen atoms in total. The van der Waals surface area contributed by atoms with Crippen molar-refractivity contribution in [3.63, 3.8) is 0 Å². The number of ketones is 1. The van der Waals surface area contributed by atoms with Crippen LogP contribution in [0.3, 0.4) is 0 Å². The van der Waals surface area contributed by atoms with Crippen LogP contribution in [0.2, 0.25) is 0 Å². The molecule has 2 rings (SSSR count). The highest BCUT2D eigenvalue weighted by molar-refractivity contribution is 5.83. The number of carbonyl (C=O) groups excluding carboxylic acids is 2. The number of hydrogen-bond donors (Lipinski definition) is 1. The zero-order valence-corrected chi connectivity index (χ0v) is 10.3. The molecule has 0 spiro atoms. The van der Waals surface area contributed by atoms with Gasteiger partial charge >= 0.3 is 0 Å². The van der Waals surface area contributed by atoms with Crippen LogP contribution in [0.15, 0.2) is 30.3 Å². The molecule has 0 aromatic heterocycles. The van der Waals surface area contributed by atoms with Crippen molar-refractivity contribution in [2.75, 3.05) is 6.61 Å². The lowest BCUT2D eigenvalue weighted by atomic mass is 9.76. The second kappa shape index (κ2) is 5.91. The molecule has 0 radical (unpaired) electrons. The lowest BCUT2D eigenvalue weighted by Gasteiger charge is -2.27. The maximum atomic E-state index is 12.0. The summed E-state index contributed by atoms with van der Waals surface area (Å²) in [6, 6.07) is 9.58. The Balaban J connectivity index is 2.40. The first kappa shape index (κ1) is 13.0. The van der Waals surface area contributed by atoms with E-state index in [0.29, 0.717) is 6.42 Å². The van der Waals surface area contributed by atoms with E-state index < -0.39 is 5.92 Å². The summed E-state index contributed by atoms with van der Waals surface area (Å²) in [6.45, 7) is -0.178. The Hall–Kier alpha value is -1.48. The van der Waals surface area contributed by atoms with Gasteiger partial charge in [0.1, 0.15) is 12.1 Å². The molecule has 0 heterocycles. The van der Waals surface area contributed by atoms with Gasteiger partial charge in [-0.3, -0.25) is 4.79 Å². The molecule has 0 aliphatic heterocycles. The van der Waals surface area contributed by atoms with E-state index in [1.54, 1.807) is 0 Å². The highest BCUT2D eigenvalue weighted by atomic mass is 16.3. The largest absolute Gasteiger partial charge is 0.396 e. The molecule has 1 aliphatic carbocycles. The fraction of sp³-hybridized carbons (Fsp3) is 0.467. The van der Waals surface area contributed by atoms with E-state index in [9.17, 15) is 14.7 Å². The molecule has 1 aromatic carbocycles. The number of rotatable bonds is 3. The Kier molecular flexibility index (Phi) is 4.26. The molecule has 0 saturated heterocycles. The molecule has 3 heteroatoms.